The molecule has 0 fully saturated rings. The maximum Gasteiger partial charge on any atom is 0.304 e. The summed E-state index contributed by atoms with van der Waals surface area (Å²) in [5.41, 5.74) is -2.29. The summed E-state index contributed by atoms with van der Waals surface area (Å²) in [6.45, 7) is 1.90. The number of halogens is 3. The van der Waals surface area contributed by atoms with Crippen molar-refractivity contribution >= 4 is 11.6 Å². The lowest BCUT2D eigenvalue weighted by Gasteiger charge is -2.32. The number of benzene rings is 1. The zero-order chi connectivity index (χ0) is 12.6. The molecule has 1 aromatic rings. The Morgan fingerprint density at radius 3 is 2.00 bits per heavy atom. The molecule has 0 aromatic heterocycles. The van der Waals surface area contributed by atoms with Crippen LogP contribution in [-0.4, -0.2) is 21.7 Å². The van der Waals surface area contributed by atoms with E-state index in [4.69, 9.17) is 11.6 Å². The molecule has 2 nitrogen and oxygen atoms in total. The van der Waals surface area contributed by atoms with Crippen molar-refractivity contribution in [3.05, 3.63) is 34.9 Å². The van der Waals surface area contributed by atoms with Crippen molar-refractivity contribution in [1.82, 2.24) is 0 Å². The molecule has 16 heavy (non-hydrogen) atoms. The highest BCUT2D eigenvalue weighted by atomic mass is 35.5. The highest BCUT2D eigenvalue weighted by molar-refractivity contribution is 6.30. The van der Waals surface area contributed by atoms with Crippen LogP contribution in [0, 0.1) is 0 Å². The number of hydrogen-bond donors (Lipinski definition) is 2. The second-order valence-corrected chi connectivity index (χ2v) is 4.57. The Balaban J connectivity index is 3.02. The van der Waals surface area contributed by atoms with Crippen LogP contribution in [0.25, 0.3) is 0 Å². The highest BCUT2D eigenvalue weighted by Crippen LogP contribution is 2.39. The van der Waals surface area contributed by atoms with E-state index in [-0.39, 0.29) is 5.56 Å². The van der Waals surface area contributed by atoms with E-state index in [0.29, 0.717) is 5.02 Å². The minimum Gasteiger partial charge on any atom is -0.384 e. The van der Waals surface area contributed by atoms with Gasteiger partial charge in [-0.2, -0.15) is 0 Å². The van der Waals surface area contributed by atoms with E-state index in [1.54, 1.807) is 0 Å². The van der Waals surface area contributed by atoms with Gasteiger partial charge in [0.05, 0.1) is 0 Å². The third-order valence-electron chi connectivity index (χ3n) is 2.34. The second-order valence-electron chi connectivity index (χ2n) is 4.14. The maximum atomic E-state index is 13.6. The normalized spacial score (nSPS) is 14.9. The first-order valence-corrected chi connectivity index (χ1v) is 5.08. The summed E-state index contributed by atoms with van der Waals surface area (Å²) in [4.78, 5) is 0. The Morgan fingerprint density at radius 1 is 1.19 bits per heavy atom. The first-order chi connectivity index (χ1) is 7.16. The molecule has 0 radical (unpaired) electrons. The molecule has 1 atom stereocenters. The monoisotopic (exact) mass is 250 g/mol. The average molecular weight is 251 g/mol. The Hall–Kier alpha value is -0.710. The van der Waals surface area contributed by atoms with Gasteiger partial charge in [-0.25, -0.2) is 8.78 Å². The van der Waals surface area contributed by atoms with Gasteiger partial charge in [0.15, 0.2) is 0 Å². The van der Waals surface area contributed by atoms with Crippen LogP contribution in [0.3, 0.4) is 0 Å². The summed E-state index contributed by atoms with van der Waals surface area (Å²) in [6, 6.07) is 5.40. The van der Waals surface area contributed by atoms with Gasteiger partial charge in [-0.3, -0.25) is 0 Å². The largest absolute Gasteiger partial charge is 0.384 e. The number of hydrogen-bond acceptors (Lipinski definition) is 2. The van der Waals surface area contributed by atoms with Crippen LogP contribution in [0.4, 0.5) is 8.78 Å². The van der Waals surface area contributed by atoms with Gasteiger partial charge in [0, 0.05) is 5.02 Å². The van der Waals surface area contributed by atoms with Crippen molar-refractivity contribution in [3.8, 4) is 0 Å². The molecule has 5 heteroatoms. The van der Waals surface area contributed by atoms with E-state index in [2.05, 4.69) is 0 Å². The fourth-order valence-corrected chi connectivity index (χ4v) is 1.31. The molecule has 1 aromatic carbocycles. The number of aliphatic hydroxyl groups excluding tert-OH is 1. The van der Waals surface area contributed by atoms with Crippen LogP contribution in [0.15, 0.2) is 24.3 Å². The van der Waals surface area contributed by atoms with Crippen molar-refractivity contribution < 1.29 is 19.0 Å². The van der Waals surface area contributed by atoms with Gasteiger partial charge in [-0.15, -0.1) is 0 Å². The lowest BCUT2D eigenvalue weighted by atomic mass is 9.91. The molecule has 0 amide bonds. The summed E-state index contributed by atoms with van der Waals surface area (Å²) in [5, 5.41) is 19.2. The molecule has 0 spiro atoms. The molecule has 1 unspecified atom stereocenters. The smallest absolute Gasteiger partial charge is 0.304 e. The molecule has 1 rings (SSSR count). The standard InChI is InChI=1S/C11H13ClF2O2/c1-10(2,16)11(13,14)9(15)7-3-5-8(12)6-4-7/h3-6,9,15-16H,1-2H3. The first-order valence-electron chi connectivity index (χ1n) is 4.70. The zero-order valence-electron chi connectivity index (χ0n) is 8.92. The Morgan fingerprint density at radius 2 is 1.62 bits per heavy atom. The Bertz CT molecular complexity index is 357. The summed E-state index contributed by atoms with van der Waals surface area (Å²) >= 11 is 5.60. The molecule has 2 N–H and O–H groups in total. The van der Waals surface area contributed by atoms with Gasteiger partial charge in [0.2, 0.25) is 0 Å². The van der Waals surface area contributed by atoms with Crippen molar-refractivity contribution in [2.45, 2.75) is 31.5 Å². The van der Waals surface area contributed by atoms with Gasteiger partial charge in [-0.05, 0) is 31.5 Å². The van der Waals surface area contributed by atoms with Crippen molar-refractivity contribution in [2.75, 3.05) is 0 Å². The van der Waals surface area contributed by atoms with E-state index in [1.165, 1.54) is 24.3 Å². The van der Waals surface area contributed by atoms with E-state index >= 15 is 0 Å². The quantitative estimate of drug-likeness (QED) is 0.866. The van der Waals surface area contributed by atoms with Gasteiger partial charge in [0.1, 0.15) is 11.7 Å². The molecular formula is C11H13ClF2O2. The summed E-state index contributed by atoms with van der Waals surface area (Å²) < 4.78 is 27.2. The fraction of sp³-hybridized carbons (Fsp3) is 0.455. The molecule has 90 valence electrons. The van der Waals surface area contributed by atoms with Crippen LogP contribution in [0.2, 0.25) is 5.02 Å². The van der Waals surface area contributed by atoms with E-state index < -0.39 is 17.6 Å². The average Bonchev–Trinajstić information content (AvgIpc) is 2.16. The molecule has 0 saturated heterocycles. The minimum absolute atomic E-state index is 0.0107. The number of rotatable bonds is 3. The van der Waals surface area contributed by atoms with Gasteiger partial charge in [-0.1, -0.05) is 23.7 Å². The van der Waals surface area contributed by atoms with Crippen molar-refractivity contribution in [2.24, 2.45) is 0 Å². The molecule has 0 aliphatic carbocycles. The van der Waals surface area contributed by atoms with Crippen molar-refractivity contribution in [3.63, 3.8) is 0 Å². The van der Waals surface area contributed by atoms with E-state index in [1.807, 2.05) is 0 Å². The second kappa shape index (κ2) is 4.28. The maximum absolute atomic E-state index is 13.6. The van der Waals surface area contributed by atoms with Gasteiger partial charge >= 0.3 is 5.92 Å². The fourth-order valence-electron chi connectivity index (χ4n) is 1.19. The van der Waals surface area contributed by atoms with E-state index in [9.17, 15) is 19.0 Å². The first kappa shape index (κ1) is 13.4. The number of aliphatic hydroxyl groups is 2. The summed E-state index contributed by atoms with van der Waals surface area (Å²) in [6.07, 6.45) is -2.07. The lowest BCUT2D eigenvalue weighted by Crippen LogP contribution is -2.47. The van der Waals surface area contributed by atoms with Crippen LogP contribution in [-0.2, 0) is 0 Å². The Kier molecular flexibility index (Phi) is 3.57. The van der Waals surface area contributed by atoms with Gasteiger partial charge in [0.25, 0.3) is 0 Å². The molecule has 0 bridgehead atoms. The third-order valence-corrected chi connectivity index (χ3v) is 2.60. The van der Waals surface area contributed by atoms with E-state index in [0.717, 1.165) is 13.8 Å². The van der Waals surface area contributed by atoms with Crippen LogP contribution >= 0.6 is 11.6 Å². The molecule has 0 saturated carbocycles. The van der Waals surface area contributed by atoms with Crippen LogP contribution in [0.5, 0.6) is 0 Å². The SMILES string of the molecule is CC(C)(O)C(F)(F)C(O)c1ccc(Cl)cc1. The predicted octanol–water partition coefficient (Wildman–Crippen LogP) is 2.78. The molecule has 0 aliphatic rings. The molecule has 0 aliphatic heterocycles. The summed E-state index contributed by atoms with van der Waals surface area (Å²) in [7, 11) is 0. The summed E-state index contributed by atoms with van der Waals surface area (Å²) in [5.74, 6) is -3.64. The third kappa shape index (κ3) is 2.51. The highest BCUT2D eigenvalue weighted by Gasteiger charge is 2.52. The molecule has 0 heterocycles. The molecular weight excluding hydrogens is 238 g/mol. The minimum atomic E-state index is -3.64. The van der Waals surface area contributed by atoms with Crippen LogP contribution < -0.4 is 0 Å². The predicted molar refractivity (Wildman–Crippen MR) is 57.7 cm³/mol. The zero-order valence-corrected chi connectivity index (χ0v) is 9.67. The van der Waals surface area contributed by atoms with Crippen LogP contribution in [0.1, 0.15) is 25.5 Å². The topological polar surface area (TPSA) is 40.5 Å². The van der Waals surface area contributed by atoms with Crippen molar-refractivity contribution in [1.29, 1.82) is 0 Å². The number of alkyl halides is 2. The van der Waals surface area contributed by atoms with Gasteiger partial charge < -0.3 is 10.2 Å². The Labute approximate surface area is 97.5 Å². The lowest BCUT2D eigenvalue weighted by molar-refractivity contribution is -0.218.